The Kier molecular flexibility index (Phi) is 8.76. The highest BCUT2D eigenvalue weighted by atomic mass is 16.5. The van der Waals surface area contributed by atoms with Crippen LogP contribution < -0.4 is 5.32 Å². The highest BCUT2D eigenvalue weighted by Crippen LogP contribution is 2.22. The van der Waals surface area contributed by atoms with Gasteiger partial charge in [-0.25, -0.2) is 0 Å². The van der Waals surface area contributed by atoms with Gasteiger partial charge in [-0.1, -0.05) is 50.1 Å². The first-order chi connectivity index (χ1) is 10.2. The molecule has 1 saturated heterocycles. The molecule has 1 fully saturated rings. The van der Waals surface area contributed by atoms with Crippen molar-refractivity contribution in [2.45, 2.75) is 57.9 Å². The van der Waals surface area contributed by atoms with Crippen molar-refractivity contribution in [3.63, 3.8) is 0 Å². The molecule has 1 N–H and O–H groups in total. The normalized spacial score (nSPS) is 19.1. The molecule has 2 rings (SSSR count). The summed E-state index contributed by atoms with van der Waals surface area (Å²) in [5.74, 6) is -0.246. The Morgan fingerprint density at radius 3 is 2.48 bits per heavy atom. The maximum Gasteiger partial charge on any atom is 0.313 e. The molecule has 21 heavy (non-hydrogen) atoms. The molecule has 2 unspecified atom stereocenters. The number of methoxy groups -OCH3 is 1. The van der Waals surface area contributed by atoms with Gasteiger partial charge in [-0.15, -0.1) is 0 Å². The Balaban J connectivity index is 0.000000262. The van der Waals surface area contributed by atoms with Crippen LogP contribution in [0.2, 0.25) is 0 Å². The lowest BCUT2D eigenvalue weighted by molar-refractivity contribution is -0.142. The van der Waals surface area contributed by atoms with E-state index in [1.807, 2.05) is 30.3 Å². The highest BCUT2D eigenvalue weighted by molar-refractivity contribution is 5.77. The highest BCUT2D eigenvalue weighted by Gasteiger charge is 2.19. The van der Waals surface area contributed by atoms with Crippen LogP contribution in [0.4, 0.5) is 0 Å². The largest absolute Gasteiger partial charge is 0.469 e. The third-order valence-corrected chi connectivity index (χ3v) is 3.82. The quantitative estimate of drug-likeness (QED) is 0.855. The van der Waals surface area contributed by atoms with Crippen LogP contribution in [0.25, 0.3) is 0 Å². The molecule has 0 radical (unpaired) electrons. The molecule has 0 bridgehead atoms. The predicted octanol–water partition coefficient (Wildman–Crippen LogP) is 3.89. The van der Waals surface area contributed by atoms with Gasteiger partial charge in [0.15, 0.2) is 0 Å². The van der Waals surface area contributed by atoms with Gasteiger partial charge in [0.1, 0.15) is 0 Å². The zero-order chi connectivity index (χ0) is 15.5. The number of carbonyl (C=O) groups excluding carboxylic acids is 1. The smallest absolute Gasteiger partial charge is 0.313 e. The summed E-state index contributed by atoms with van der Waals surface area (Å²) in [6, 6.07) is 10.6. The van der Waals surface area contributed by atoms with Crippen molar-refractivity contribution in [3.05, 3.63) is 35.9 Å². The SMILES string of the molecule is CC1CCCCN1.CCCC(C(=O)OC)c1ccccc1. The lowest BCUT2D eigenvalue weighted by atomic mass is 9.95. The minimum absolute atomic E-state index is 0.105. The molecule has 118 valence electrons. The number of ether oxygens (including phenoxy) is 1. The number of rotatable bonds is 4. The van der Waals surface area contributed by atoms with Gasteiger partial charge in [0.2, 0.25) is 0 Å². The lowest BCUT2D eigenvalue weighted by Gasteiger charge is -2.18. The van der Waals surface area contributed by atoms with Gasteiger partial charge in [-0.05, 0) is 38.3 Å². The Hall–Kier alpha value is -1.35. The number of hydrogen-bond donors (Lipinski definition) is 1. The van der Waals surface area contributed by atoms with Crippen molar-refractivity contribution >= 4 is 5.97 Å². The summed E-state index contributed by atoms with van der Waals surface area (Å²) in [6.07, 6.45) is 6.00. The van der Waals surface area contributed by atoms with E-state index in [2.05, 4.69) is 19.2 Å². The van der Waals surface area contributed by atoms with Crippen molar-refractivity contribution in [1.29, 1.82) is 0 Å². The van der Waals surface area contributed by atoms with E-state index >= 15 is 0 Å². The molecule has 3 heteroatoms. The summed E-state index contributed by atoms with van der Waals surface area (Å²) in [6.45, 7) is 5.55. The second-order valence-electron chi connectivity index (χ2n) is 5.63. The Morgan fingerprint density at radius 2 is 2.05 bits per heavy atom. The van der Waals surface area contributed by atoms with Crippen LogP contribution in [0.5, 0.6) is 0 Å². The summed E-state index contributed by atoms with van der Waals surface area (Å²) >= 11 is 0. The van der Waals surface area contributed by atoms with Crippen LogP contribution >= 0.6 is 0 Å². The van der Waals surface area contributed by atoms with E-state index in [-0.39, 0.29) is 11.9 Å². The number of benzene rings is 1. The Labute approximate surface area is 129 Å². The van der Waals surface area contributed by atoms with Gasteiger partial charge in [-0.3, -0.25) is 4.79 Å². The predicted molar refractivity (Wildman–Crippen MR) is 87.4 cm³/mol. The van der Waals surface area contributed by atoms with Crippen molar-refractivity contribution in [2.75, 3.05) is 13.7 Å². The summed E-state index contributed by atoms with van der Waals surface area (Å²) in [5.41, 5.74) is 1.04. The monoisotopic (exact) mass is 291 g/mol. The van der Waals surface area contributed by atoms with Crippen molar-refractivity contribution in [1.82, 2.24) is 5.32 Å². The minimum Gasteiger partial charge on any atom is -0.469 e. The standard InChI is InChI=1S/C12H16O2.C6H13N/c1-3-7-11(12(13)14-2)10-8-5-4-6-9-10;1-6-4-2-3-5-7-6/h4-6,8-9,11H,3,7H2,1-2H3;6-7H,2-5H2,1H3. The van der Waals surface area contributed by atoms with Gasteiger partial charge in [0, 0.05) is 6.04 Å². The molecule has 3 nitrogen and oxygen atoms in total. The molecule has 1 aliphatic heterocycles. The summed E-state index contributed by atoms with van der Waals surface area (Å²) in [5, 5.41) is 3.38. The molecule has 0 aromatic heterocycles. The van der Waals surface area contributed by atoms with Gasteiger partial charge < -0.3 is 10.1 Å². The van der Waals surface area contributed by atoms with Gasteiger partial charge in [0.05, 0.1) is 13.0 Å². The fourth-order valence-corrected chi connectivity index (χ4v) is 2.56. The third-order valence-electron chi connectivity index (χ3n) is 3.82. The van der Waals surface area contributed by atoms with Crippen LogP contribution in [0.15, 0.2) is 30.3 Å². The molecule has 1 aromatic carbocycles. The summed E-state index contributed by atoms with van der Waals surface area (Å²) in [4.78, 5) is 11.5. The second-order valence-corrected chi connectivity index (χ2v) is 5.63. The van der Waals surface area contributed by atoms with E-state index in [9.17, 15) is 4.79 Å². The maximum atomic E-state index is 11.5. The van der Waals surface area contributed by atoms with E-state index in [0.29, 0.717) is 0 Å². The number of hydrogen-bond acceptors (Lipinski definition) is 3. The molecular formula is C18H29NO2. The van der Waals surface area contributed by atoms with E-state index in [4.69, 9.17) is 4.74 Å². The fourth-order valence-electron chi connectivity index (χ4n) is 2.56. The maximum absolute atomic E-state index is 11.5. The number of nitrogens with one attached hydrogen (secondary N) is 1. The van der Waals surface area contributed by atoms with Crippen molar-refractivity contribution in [2.24, 2.45) is 0 Å². The summed E-state index contributed by atoms with van der Waals surface area (Å²) < 4.78 is 4.78. The van der Waals surface area contributed by atoms with Crippen LogP contribution in [0, 0.1) is 0 Å². The van der Waals surface area contributed by atoms with E-state index < -0.39 is 0 Å². The number of esters is 1. The molecule has 0 amide bonds. The molecule has 0 saturated carbocycles. The number of piperidine rings is 1. The molecule has 1 aliphatic rings. The van der Waals surface area contributed by atoms with Crippen LogP contribution in [-0.2, 0) is 9.53 Å². The fraction of sp³-hybridized carbons (Fsp3) is 0.611. The first-order valence-corrected chi connectivity index (χ1v) is 8.05. The first-order valence-electron chi connectivity index (χ1n) is 8.05. The molecule has 1 aromatic rings. The van der Waals surface area contributed by atoms with Gasteiger partial charge in [-0.2, -0.15) is 0 Å². The second kappa shape index (κ2) is 10.4. The third kappa shape index (κ3) is 6.76. The minimum atomic E-state index is -0.141. The Morgan fingerprint density at radius 1 is 1.33 bits per heavy atom. The van der Waals surface area contributed by atoms with Crippen molar-refractivity contribution < 1.29 is 9.53 Å². The number of carbonyl (C=O) groups is 1. The molecule has 2 atom stereocenters. The molecular weight excluding hydrogens is 262 g/mol. The summed E-state index contributed by atoms with van der Waals surface area (Å²) in [7, 11) is 1.44. The van der Waals surface area contributed by atoms with E-state index in [0.717, 1.165) is 24.4 Å². The molecule has 1 heterocycles. The zero-order valence-electron chi connectivity index (χ0n) is 13.6. The van der Waals surface area contributed by atoms with Gasteiger partial charge in [0.25, 0.3) is 0 Å². The average Bonchev–Trinajstić information content (AvgIpc) is 2.54. The van der Waals surface area contributed by atoms with Crippen LogP contribution in [-0.4, -0.2) is 25.7 Å². The van der Waals surface area contributed by atoms with E-state index in [1.165, 1.54) is 32.9 Å². The zero-order valence-corrected chi connectivity index (χ0v) is 13.6. The van der Waals surface area contributed by atoms with Crippen molar-refractivity contribution in [3.8, 4) is 0 Å². The topological polar surface area (TPSA) is 38.3 Å². The van der Waals surface area contributed by atoms with Gasteiger partial charge >= 0.3 is 5.97 Å². The molecule has 0 spiro atoms. The molecule has 0 aliphatic carbocycles. The first kappa shape index (κ1) is 17.7. The van der Waals surface area contributed by atoms with Crippen LogP contribution in [0.3, 0.4) is 0 Å². The average molecular weight is 291 g/mol. The lowest BCUT2D eigenvalue weighted by Crippen LogP contribution is -2.30. The Bertz CT molecular complexity index is 385. The van der Waals surface area contributed by atoms with E-state index in [1.54, 1.807) is 0 Å². The van der Waals surface area contributed by atoms with Crippen LogP contribution in [0.1, 0.15) is 57.4 Å².